The highest BCUT2D eigenvalue weighted by atomic mass is 35.5. The molecular formula is C28H31ClN4O2S2. The van der Waals surface area contributed by atoms with Crippen LogP contribution in [0.25, 0.3) is 11.7 Å². The van der Waals surface area contributed by atoms with E-state index in [0.29, 0.717) is 37.8 Å². The van der Waals surface area contributed by atoms with Crippen molar-refractivity contribution in [2.75, 3.05) is 11.9 Å². The largest absolute Gasteiger partial charge is 0.369 e. The van der Waals surface area contributed by atoms with Gasteiger partial charge in [-0.25, -0.2) is 4.98 Å². The fourth-order valence-electron chi connectivity index (χ4n) is 4.25. The van der Waals surface area contributed by atoms with Crippen LogP contribution in [0.4, 0.5) is 5.82 Å². The number of unbranched alkanes of at least 4 members (excludes halogenated alkanes) is 5. The molecule has 1 saturated heterocycles. The molecule has 1 aromatic carbocycles. The molecule has 1 aliphatic heterocycles. The number of aryl methyl sites for hydroxylation is 1. The molecule has 0 radical (unpaired) electrons. The minimum atomic E-state index is -0.245. The van der Waals surface area contributed by atoms with E-state index in [9.17, 15) is 9.59 Å². The Kier molecular flexibility index (Phi) is 9.40. The Morgan fingerprint density at radius 1 is 1.08 bits per heavy atom. The molecular weight excluding hydrogens is 524 g/mol. The van der Waals surface area contributed by atoms with Gasteiger partial charge in [-0.05, 0) is 42.7 Å². The smallest absolute Gasteiger partial charge is 0.267 e. The maximum atomic E-state index is 13.6. The highest BCUT2D eigenvalue weighted by molar-refractivity contribution is 8.26. The van der Waals surface area contributed by atoms with E-state index < -0.39 is 0 Å². The van der Waals surface area contributed by atoms with Crippen LogP contribution < -0.4 is 10.9 Å². The van der Waals surface area contributed by atoms with E-state index in [1.807, 2.05) is 37.3 Å². The van der Waals surface area contributed by atoms with Crippen LogP contribution in [0.3, 0.4) is 0 Å². The second kappa shape index (κ2) is 12.7. The first-order chi connectivity index (χ1) is 17.9. The van der Waals surface area contributed by atoms with E-state index >= 15 is 0 Å². The summed E-state index contributed by atoms with van der Waals surface area (Å²) < 4.78 is 1.96. The van der Waals surface area contributed by atoms with E-state index in [1.54, 1.807) is 18.3 Å². The van der Waals surface area contributed by atoms with Crippen molar-refractivity contribution < 1.29 is 4.79 Å². The molecule has 0 aliphatic carbocycles. The van der Waals surface area contributed by atoms with Gasteiger partial charge < -0.3 is 5.32 Å². The number of carbonyl (C=O) groups is 1. The summed E-state index contributed by atoms with van der Waals surface area (Å²) in [6.45, 7) is 5.12. The van der Waals surface area contributed by atoms with Crippen molar-refractivity contribution in [1.82, 2.24) is 14.3 Å². The van der Waals surface area contributed by atoms with Gasteiger partial charge in [-0.2, -0.15) is 0 Å². The highest BCUT2D eigenvalue weighted by Gasteiger charge is 2.33. The third kappa shape index (κ3) is 6.43. The van der Waals surface area contributed by atoms with Gasteiger partial charge in [0.05, 0.1) is 17.0 Å². The second-order valence-electron chi connectivity index (χ2n) is 9.12. The molecule has 0 atom stereocenters. The topological polar surface area (TPSA) is 66.7 Å². The summed E-state index contributed by atoms with van der Waals surface area (Å²) in [6.07, 6.45) is 10.3. The monoisotopic (exact) mass is 554 g/mol. The summed E-state index contributed by atoms with van der Waals surface area (Å²) in [7, 11) is 0. The fourth-order valence-corrected chi connectivity index (χ4v) is 5.69. The normalized spacial score (nSPS) is 14.8. The molecule has 6 nitrogen and oxygen atoms in total. The van der Waals surface area contributed by atoms with Crippen molar-refractivity contribution in [2.24, 2.45) is 0 Å². The molecule has 1 aliphatic rings. The van der Waals surface area contributed by atoms with Crippen LogP contribution in [0.2, 0.25) is 5.02 Å². The molecule has 0 unspecified atom stereocenters. The number of thiocarbonyl (C=S) groups is 1. The van der Waals surface area contributed by atoms with Crippen LogP contribution in [0.5, 0.6) is 0 Å². The van der Waals surface area contributed by atoms with Crippen LogP contribution in [0.1, 0.15) is 62.1 Å². The lowest BCUT2D eigenvalue weighted by Gasteiger charge is -2.15. The number of anilines is 1. The summed E-state index contributed by atoms with van der Waals surface area (Å²) in [4.78, 5) is 33.6. The van der Waals surface area contributed by atoms with E-state index in [4.69, 9.17) is 28.8 Å². The molecule has 3 heterocycles. The number of halogens is 1. The van der Waals surface area contributed by atoms with Crippen molar-refractivity contribution >= 4 is 63.3 Å². The van der Waals surface area contributed by atoms with Crippen molar-refractivity contribution in [3.05, 3.63) is 79.6 Å². The van der Waals surface area contributed by atoms with Crippen LogP contribution >= 0.6 is 35.6 Å². The first-order valence-electron chi connectivity index (χ1n) is 12.6. The molecule has 2 aromatic heterocycles. The van der Waals surface area contributed by atoms with Gasteiger partial charge in [-0.3, -0.25) is 18.9 Å². The van der Waals surface area contributed by atoms with Gasteiger partial charge in [-0.15, -0.1) is 0 Å². The molecule has 0 saturated carbocycles. The predicted octanol–water partition coefficient (Wildman–Crippen LogP) is 6.83. The van der Waals surface area contributed by atoms with E-state index in [2.05, 4.69) is 12.2 Å². The Balaban J connectivity index is 1.62. The van der Waals surface area contributed by atoms with Gasteiger partial charge in [-0.1, -0.05) is 98.9 Å². The lowest BCUT2D eigenvalue weighted by molar-refractivity contribution is -0.122. The molecule has 0 spiro atoms. The zero-order valence-corrected chi connectivity index (χ0v) is 23.5. The second-order valence-corrected chi connectivity index (χ2v) is 11.2. The molecule has 3 aromatic rings. The number of hydrogen-bond acceptors (Lipinski definition) is 6. The summed E-state index contributed by atoms with van der Waals surface area (Å²) in [5.74, 6) is 0.245. The highest BCUT2D eigenvalue weighted by Crippen LogP contribution is 2.35. The Bertz CT molecular complexity index is 1400. The number of rotatable bonds is 11. The number of amides is 1. The molecule has 37 heavy (non-hydrogen) atoms. The molecule has 1 amide bonds. The number of nitrogens with zero attached hydrogens (tertiary/aromatic N) is 3. The number of pyridine rings is 1. The quantitative estimate of drug-likeness (QED) is 0.159. The third-order valence-corrected chi connectivity index (χ3v) is 8.09. The standard InChI is InChI=1S/C28H31ClN4O2S2/c1-3-4-5-6-7-10-15-30-24-21(26(34)32-16-11-12-19(2)25(32)31-24)17-23-27(35)33(28(36)37-23)18-20-13-8-9-14-22(20)29/h8-9,11-14,16-17,30H,3-7,10,15,18H2,1-2H3/b23-17-. The Labute approximate surface area is 232 Å². The number of carbonyl (C=O) groups excluding carboxylic acids is 1. The number of hydrogen-bond donors (Lipinski definition) is 1. The van der Waals surface area contributed by atoms with Crippen LogP contribution in [0.15, 0.2) is 52.3 Å². The maximum absolute atomic E-state index is 13.6. The van der Waals surface area contributed by atoms with Crippen molar-refractivity contribution in [3.63, 3.8) is 0 Å². The van der Waals surface area contributed by atoms with Gasteiger partial charge in [0.25, 0.3) is 11.5 Å². The first kappa shape index (κ1) is 27.4. The Morgan fingerprint density at radius 3 is 2.62 bits per heavy atom. The van der Waals surface area contributed by atoms with Crippen molar-refractivity contribution in [3.8, 4) is 0 Å². The van der Waals surface area contributed by atoms with Crippen LogP contribution in [0, 0.1) is 6.92 Å². The average molecular weight is 555 g/mol. The SMILES string of the molecule is CCCCCCCCNc1nc2c(C)cccn2c(=O)c1/C=C1\SC(=S)N(Cc2ccccc2Cl)C1=O. The Morgan fingerprint density at radius 2 is 1.84 bits per heavy atom. The first-order valence-corrected chi connectivity index (χ1v) is 14.3. The lowest BCUT2D eigenvalue weighted by atomic mass is 10.1. The zero-order chi connectivity index (χ0) is 26.4. The predicted molar refractivity (Wildman–Crippen MR) is 158 cm³/mol. The summed E-state index contributed by atoms with van der Waals surface area (Å²) >= 11 is 13.0. The van der Waals surface area contributed by atoms with Crippen LogP contribution in [-0.4, -0.2) is 31.1 Å². The molecule has 194 valence electrons. The van der Waals surface area contributed by atoms with Crippen LogP contribution in [-0.2, 0) is 11.3 Å². The number of fused-ring (bicyclic) bond motifs is 1. The molecule has 1 fully saturated rings. The molecule has 0 bridgehead atoms. The van der Waals surface area contributed by atoms with Gasteiger partial charge in [0, 0.05) is 17.8 Å². The average Bonchev–Trinajstić information content (AvgIpc) is 3.14. The Hall–Kier alpha value is -2.68. The third-order valence-electron chi connectivity index (χ3n) is 6.34. The van der Waals surface area contributed by atoms with Gasteiger partial charge >= 0.3 is 0 Å². The minimum Gasteiger partial charge on any atom is -0.369 e. The summed E-state index contributed by atoms with van der Waals surface area (Å²) in [6, 6.07) is 11.1. The van der Waals surface area contributed by atoms with Gasteiger partial charge in [0.2, 0.25) is 0 Å². The summed E-state index contributed by atoms with van der Waals surface area (Å²) in [5.41, 5.74) is 2.44. The number of nitrogens with one attached hydrogen (secondary N) is 1. The van der Waals surface area contributed by atoms with E-state index in [-0.39, 0.29) is 18.0 Å². The molecule has 1 N–H and O–H groups in total. The maximum Gasteiger partial charge on any atom is 0.267 e. The number of benzene rings is 1. The van der Waals surface area contributed by atoms with Crippen molar-refractivity contribution in [1.29, 1.82) is 0 Å². The zero-order valence-electron chi connectivity index (χ0n) is 21.1. The molecule has 4 rings (SSSR count). The number of aromatic nitrogens is 2. The summed E-state index contributed by atoms with van der Waals surface area (Å²) in [5, 5.41) is 3.95. The minimum absolute atomic E-state index is 0.226. The lowest BCUT2D eigenvalue weighted by Crippen LogP contribution is -2.27. The van der Waals surface area contributed by atoms with Gasteiger partial charge in [0.15, 0.2) is 0 Å². The number of thioether (sulfide) groups is 1. The van der Waals surface area contributed by atoms with E-state index in [1.165, 1.54) is 46.7 Å². The van der Waals surface area contributed by atoms with Crippen molar-refractivity contribution in [2.45, 2.75) is 58.9 Å². The molecule has 9 heteroatoms. The van der Waals surface area contributed by atoms with Gasteiger partial charge in [0.1, 0.15) is 15.8 Å². The van der Waals surface area contributed by atoms with E-state index in [0.717, 1.165) is 24.0 Å². The fraction of sp³-hybridized carbons (Fsp3) is 0.357.